The summed E-state index contributed by atoms with van der Waals surface area (Å²) in [5.41, 5.74) is 1.32. The monoisotopic (exact) mass is 342 g/mol. The lowest BCUT2D eigenvalue weighted by molar-refractivity contribution is -0.111. The molecule has 2 heterocycles. The number of hydrogen-bond acceptors (Lipinski definition) is 5. The van der Waals surface area contributed by atoms with Crippen molar-refractivity contribution in [3.8, 4) is 0 Å². The third-order valence-electron chi connectivity index (χ3n) is 3.58. The number of nitrogens with one attached hydrogen (secondary N) is 2. The number of piperazine rings is 1. The number of amides is 2. The van der Waals surface area contributed by atoms with Crippen molar-refractivity contribution in [1.29, 1.82) is 0 Å². The number of thiazole rings is 1. The molecule has 0 unspecified atom stereocenters. The molecule has 0 bridgehead atoms. The van der Waals surface area contributed by atoms with E-state index in [0.717, 1.165) is 18.7 Å². The minimum atomic E-state index is -0.269. The SMILES string of the molecule is O=C(/C=C/c1ccccc1)Nc1nc(C(=O)N2CCNCC2)cs1. The van der Waals surface area contributed by atoms with Crippen LogP contribution in [0.4, 0.5) is 5.13 Å². The summed E-state index contributed by atoms with van der Waals surface area (Å²) in [6.45, 7) is 2.95. The Balaban J connectivity index is 1.58. The quantitative estimate of drug-likeness (QED) is 0.832. The summed E-state index contributed by atoms with van der Waals surface area (Å²) in [6.07, 6.45) is 3.18. The van der Waals surface area contributed by atoms with E-state index in [1.54, 1.807) is 16.4 Å². The van der Waals surface area contributed by atoms with Gasteiger partial charge in [-0.25, -0.2) is 4.98 Å². The summed E-state index contributed by atoms with van der Waals surface area (Å²) in [5.74, 6) is -0.359. The largest absolute Gasteiger partial charge is 0.335 e. The summed E-state index contributed by atoms with van der Waals surface area (Å²) in [5, 5.41) is 8.00. The van der Waals surface area contributed by atoms with Gasteiger partial charge in [0.1, 0.15) is 5.69 Å². The Bertz CT molecular complexity index is 736. The van der Waals surface area contributed by atoms with Crippen LogP contribution in [0, 0.1) is 0 Å². The zero-order valence-corrected chi connectivity index (χ0v) is 13.9. The van der Waals surface area contributed by atoms with Gasteiger partial charge in [-0.2, -0.15) is 0 Å². The van der Waals surface area contributed by atoms with Gasteiger partial charge in [-0.1, -0.05) is 30.3 Å². The van der Waals surface area contributed by atoms with E-state index in [9.17, 15) is 9.59 Å². The van der Waals surface area contributed by atoms with Crippen molar-refractivity contribution in [3.05, 3.63) is 53.0 Å². The molecule has 0 spiro atoms. The highest BCUT2D eigenvalue weighted by Gasteiger charge is 2.20. The molecular weight excluding hydrogens is 324 g/mol. The van der Waals surface area contributed by atoms with Crippen LogP contribution in [0.2, 0.25) is 0 Å². The van der Waals surface area contributed by atoms with E-state index in [1.807, 2.05) is 30.3 Å². The van der Waals surface area contributed by atoms with Gasteiger partial charge in [-0.15, -0.1) is 11.3 Å². The molecule has 6 nitrogen and oxygen atoms in total. The molecule has 3 rings (SSSR count). The molecule has 2 aromatic rings. The standard InChI is InChI=1S/C17H18N4O2S/c22-15(7-6-13-4-2-1-3-5-13)20-17-19-14(12-24-17)16(23)21-10-8-18-9-11-21/h1-7,12,18H,8-11H2,(H,19,20,22)/b7-6+. The van der Waals surface area contributed by atoms with E-state index in [4.69, 9.17) is 0 Å². The number of carbonyl (C=O) groups is 2. The maximum absolute atomic E-state index is 12.3. The van der Waals surface area contributed by atoms with Gasteiger partial charge in [0.25, 0.3) is 5.91 Å². The molecule has 1 aromatic carbocycles. The van der Waals surface area contributed by atoms with Gasteiger partial charge < -0.3 is 10.2 Å². The molecule has 0 atom stereocenters. The highest BCUT2D eigenvalue weighted by atomic mass is 32.1. The first-order chi connectivity index (χ1) is 11.7. The number of aromatic nitrogens is 1. The molecule has 1 aromatic heterocycles. The van der Waals surface area contributed by atoms with Crippen molar-refractivity contribution < 1.29 is 9.59 Å². The smallest absolute Gasteiger partial charge is 0.273 e. The predicted octanol–water partition coefficient (Wildman–Crippen LogP) is 1.84. The van der Waals surface area contributed by atoms with Crippen LogP contribution in [0.5, 0.6) is 0 Å². The first-order valence-electron chi connectivity index (χ1n) is 7.72. The number of benzene rings is 1. The molecule has 2 N–H and O–H groups in total. The van der Waals surface area contributed by atoms with Gasteiger partial charge in [0.15, 0.2) is 5.13 Å². The topological polar surface area (TPSA) is 74.3 Å². The van der Waals surface area contributed by atoms with Crippen molar-refractivity contribution in [1.82, 2.24) is 15.2 Å². The third kappa shape index (κ3) is 4.27. The second kappa shape index (κ2) is 7.85. The molecule has 0 aliphatic carbocycles. The van der Waals surface area contributed by atoms with E-state index >= 15 is 0 Å². The lowest BCUT2D eigenvalue weighted by atomic mass is 10.2. The lowest BCUT2D eigenvalue weighted by Gasteiger charge is -2.26. The fourth-order valence-corrected chi connectivity index (χ4v) is 3.03. The van der Waals surface area contributed by atoms with Gasteiger partial charge in [0, 0.05) is 37.6 Å². The third-order valence-corrected chi connectivity index (χ3v) is 4.34. The number of nitrogens with zero attached hydrogens (tertiary/aromatic N) is 2. The van der Waals surface area contributed by atoms with Crippen LogP contribution >= 0.6 is 11.3 Å². The number of carbonyl (C=O) groups excluding carboxylic acids is 2. The maximum Gasteiger partial charge on any atom is 0.273 e. The first-order valence-corrected chi connectivity index (χ1v) is 8.60. The molecule has 1 fully saturated rings. The van der Waals surface area contributed by atoms with Crippen molar-refractivity contribution in [2.24, 2.45) is 0 Å². The zero-order chi connectivity index (χ0) is 16.8. The maximum atomic E-state index is 12.3. The Hall–Kier alpha value is -2.51. The van der Waals surface area contributed by atoms with Crippen molar-refractivity contribution in [2.75, 3.05) is 31.5 Å². The van der Waals surface area contributed by atoms with Gasteiger partial charge in [-0.05, 0) is 11.6 Å². The first kappa shape index (κ1) is 16.4. The summed E-state index contributed by atoms with van der Waals surface area (Å²) in [7, 11) is 0. The van der Waals surface area contributed by atoms with Crippen LogP contribution in [-0.4, -0.2) is 47.9 Å². The van der Waals surface area contributed by atoms with E-state index in [0.29, 0.717) is 23.9 Å². The van der Waals surface area contributed by atoms with E-state index < -0.39 is 0 Å². The Morgan fingerprint density at radius 2 is 1.96 bits per heavy atom. The second-order valence-corrected chi connectivity index (χ2v) is 6.17. The van der Waals surface area contributed by atoms with E-state index in [1.165, 1.54) is 17.4 Å². The van der Waals surface area contributed by atoms with Gasteiger partial charge in [-0.3, -0.25) is 14.9 Å². The van der Waals surface area contributed by atoms with Gasteiger partial charge in [0.2, 0.25) is 5.91 Å². The van der Waals surface area contributed by atoms with Crippen LogP contribution in [-0.2, 0) is 4.79 Å². The average molecular weight is 342 g/mol. The molecular formula is C17H18N4O2S. The van der Waals surface area contributed by atoms with E-state index in [-0.39, 0.29) is 11.8 Å². The fourth-order valence-electron chi connectivity index (χ4n) is 2.34. The minimum absolute atomic E-state index is 0.0897. The predicted molar refractivity (Wildman–Crippen MR) is 95.0 cm³/mol. The lowest BCUT2D eigenvalue weighted by Crippen LogP contribution is -2.46. The van der Waals surface area contributed by atoms with Crippen molar-refractivity contribution in [3.63, 3.8) is 0 Å². The molecule has 124 valence electrons. The average Bonchev–Trinajstić information content (AvgIpc) is 3.09. The Kier molecular flexibility index (Phi) is 5.35. The number of anilines is 1. The molecule has 2 amide bonds. The van der Waals surface area contributed by atoms with Crippen molar-refractivity contribution >= 4 is 34.4 Å². The summed E-state index contributed by atoms with van der Waals surface area (Å²) in [6, 6.07) is 9.57. The summed E-state index contributed by atoms with van der Waals surface area (Å²) in [4.78, 5) is 30.2. The normalized spacial score (nSPS) is 14.8. The summed E-state index contributed by atoms with van der Waals surface area (Å²) < 4.78 is 0. The van der Waals surface area contributed by atoms with Gasteiger partial charge in [0.05, 0.1) is 0 Å². The Morgan fingerprint density at radius 3 is 2.71 bits per heavy atom. The van der Waals surface area contributed by atoms with Gasteiger partial charge >= 0.3 is 0 Å². The van der Waals surface area contributed by atoms with Crippen LogP contribution in [0.25, 0.3) is 6.08 Å². The summed E-state index contributed by atoms with van der Waals surface area (Å²) >= 11 is 1.25. The zero-order valence-electron chi connectivity index (χ0n) is 13.1. The number of rotatable bonds is 4. The minimum Gasteiger partial charge on any atom is -0.335 e. The Morgan fingerprint density at radius 1 is 1.21 bits per heavy atom. The Labute approximate surface area is 144 Å². The molecule has 7 heteroatoms. The molecule has 1 aliphatic heterocycles. The molecule has 0 saturated carbocycles. The fraction of sp³-hybridized carbons (Fsp3) is 0.235. The van der Waals surface area contributed by atoms with Crippen LogP contribution in [0.3, 0.4) is 0 Å². The number of hydrogen-bond donors (Lipinski definition) is 2. The van der Waals surface area contributed by atoms with E-state index in [2.05, 4.69) is 15.6 Å². The van der Waals surface area contributed by atoms with Crippen LogP contribution < -0.4 is 10.6 Å². The van der Waals surface area contributed by atoms with Crippen molar-refractivity contribution in [2.45, 2.75) is 0 Å². The molecule has 0 radical (unpaired) electrons. The van der Waals surface area contributed by atoms with Crippen LogP contribution in [0.1, 0.15) is 16.1 Å². The second-order valence-electron chi connectivity index (χ2n) is 5.31. The van der Waals surface area contributed by atoms with Crippen LogP contribution in [0.15, 0.2) is 41.8 Å². The molecule has 1 saturated heterocycles. The molecule has 1 aliphatic rings. The molecule has 24 heavy (non-hydrogen) atoms. The highest BCUT2D eigenvalue weighted by Crippen LogP contribution is 2.17. The highest BCUT2D eigenvalue weighted by molar-refractivity contribution is 7.14.